The van der Waals surface area contributed by atoms with Gasteiger partial charge in [-0.1, -0.05) is 54.6 Å². The molecule has 0 saturated carbocycles. The second kappa shape index (κ2) is 7.96. The number of hydrogen-bond donors (Lipinski definition) is 2. The summed E-state index contributed by atoms with van der Waals surface area (Å²) in [6.07, 6.45) is 1.56. The molecule has 2 aromatic carbocycles. The summed E-state index contributed by atoms with van der Waals surface area (Å²) in [7, 11) is 0. The SMILES string of the molecule is O=C(O)C1=C[C@H](c2ccccc2)C[C@H](OCc2ccc(CO)cc2)O1. The van der Waals surface area contributed by atoms with Crippen LogP contribution in [0.15, 0.2) is 66.4 Å². The Labute approximate surface area is 146 Å². The van der Waals surface area contributed by atoms with Crippen molar-refractivity contribution < 1.29 is 24.5 Å². The molecule has 2 aromatic rings. The number of benzene rings is 2. The second-order valence-electron chi connectivity index (χ2n) is 5.92. The first kappa shape index (κ1) is 17.2. The highest BCUT2D eigenvalue weighted by Gasteiger charge is 2.28. The zero-order valence-electron chi connectivity index (χ0n) is 13.7. The highest BCUT2D eigenvalue weighted by molar-refractivity contribution is 5.84. The number of aliphatic carboxylic acids is 1. The number of carbonyl (C=O) groups is 1. The molecule has 5 nitrogen and oxygen atoms in total. The van der Waals surface area contributed by atoms with Crippen molar-refractivity contribution in [2.24, 2.45) is 0 Å². The summed E-state index contributed by atoms with van der Waals surface area (Å²) < 4.78 is 11.3. The molecule has 0 saturated heterocycles. The van der Waals surface area contributed by atoms with Gasteiger partial charge in [0, 0.05) is 12.3 Å². The maximum absolute atomic E-state index is 11.3. The van der Waals surface area contributed by atoms with Gasteiger partial charge in [0.25, 0.3) is 0 Å². The van der Waals surface area contributed by atoms with E-state index in [1.807, 2.05) is 54.6 Å². The molecule has 2 atom stereocenters. The van der Waals surface area contributed by atoms with Crippen molar-refractivity contribution in [2.45, 2.75) is 31.8 Å². The average Bonchev–Trinajstić information content (AvgIpc) is 2.67. The standard InChI is InChI=1S/C20H20O5/c21-12-14-6-8-15(9-7-14)13-24-19-11-17(10-18(25-19)20(22)23)16-4-2-1-3-5-16/h1-10,17,19,21H,11-13H2,(H,22,23)/t17-,19+/m0/s1. The minimum atomic E-state index is -1.10. The lowest BCUT2D eigenvalue weighted by atomic mass is 9.93. The molecule has 5 heteroatoms. The predicted octanol–water partition coefficient (Wildman–Crippen LogP) is 3.19. The van der Waals surface area contributed by atoms with Crippen molar-refractivity contribution >= 4 is 5.97 Å². The van der Waals surface area contributed by atoms with Crippen molar-refractivity contribution in [1.82, 2.24) is 0 Å². The van der Waals surface area contributed by atoms with Crippen molar-refractivity contribution in [3.8, 4) is 0 Å². The van der Waals surface area contributed by atoms with E-state index >= 15 is 0 Å². The molecule has 130 valence electrons. The summed E-state index contributed by atoms with van der Waals surface area (Å²) in [4.78, 5) is 11.3. The van der Waals surface area contributed by atoms with Crippen LogP contribution in [0, 0.1) is 0 Å². The monoisotopic (exact) mass is 340 g/mol. The van der Waals surface area contributed by atoms with E-state index < -0.39 is 12.3 Å². The molecule has 0 unspecified atom stereocenters. The minimum absolute atomic E-state index is 0.00159. The lowest BCUT2D eigenvalue weighted by Crippen LogP contribution is -2.26. The highest BCUT2D eigenvalue weighted by atomic mass is 16.7. The van der Waals surface area contributed by atoms with Gasteiger partial charge in [0.05, 0.1) is 13.2 Å². The van der Waals surface area contributed by atoms with Gasteiger partial charge in [0.2, 0.25) is 12.0 Å². The van der Waals surface area contributed by atoms with Gasteiger partial charge >= 0.3 is 5.97 Å². The third-order valence-electron chi connectivity index (χ3n) is 4.14. The Morgan fingerprint density at radius 1 is 1.08 bits per heavy atom. The van der Waals surface area contributed by atoms with Gasteiger partial charge in [-0.05, 0) is 22.8 Å². The molecule has 0 spiro atoms. The van der Waals surface area contributed by atoms with E-state index in [4.69, 9.17) is 14.6 Å². The molecule has 1 aliphatic heterocycles. The predicted molar refractivity (Wildman–Crippen MR) is 91.5 cm³/mol. The number of carboxylic acid groups (broad SMARTS) is 1. The summed E-state index contributed by atoms with van der Waals surface area (Å²) in [6, 6.07) is 17.1. The van der Waals surface area contributed by atoms with Crippen LogP contribution in [0.2, 0.25) is 0 Å². The van der Waals surface area contributed by atoms with Gasteiger partial charge in [0.15, 0.2) is 0 Å². The van der Waals surface area contributed by atoms with E-state index in [2.05, 4.69) is 0 Å². The average molecular weight is 340 g/mol. The molecular weight excluding hydrogens is 320 g/mol. The fourth-order valence-corrected chi connectivity index (χ4v) is 2.77. The van der Waals surface area contributed by atoms with Gasteiger partial charge in [-0.25, -0.2) is 4.79 Å². The molecule has 1 aliphatic rings. The van der Waals surface area contributed by atoms with Crippen LogP contribution in [-0.4, -0.2) is 22.5 Å². The summed E-state index contributed by atoms with van der Waals surface area (Å²) in [6.45, 7) is 0.309. The molecule has 2 N–H and O–H groups in total. The number of ether oxygens (including phenoxy) is 2. The summed E-state index contributed by atoms with van der Waals surface area (Å²) >= 11 is 0. The van der Waals surface area contributed by atoms with Crippen LogP contribution in [0.1, 0.15) is 29.0 Å². The van der Waals surface area contributed by atoms with Crippen LogP contribution in [0.4, 0.5) is 0 Å². The van der Waals surface area contributed by atoms with Crippen molar-refractivity contribution in [3.63, 3.8) is 0 Å². The van der Waals surface area contributed by atoms with Crippen LogP contribution in [0.25, 0.3) is 0 Å². The zero-order chi connectivity index (χ0) is 17.6. The summed E-state index contributed by atoms with van der Waals surface area (Å²) in [5.41, 5.74) is 2.80. The minimum Gasteiger partial charge on any atom is -0.475 e. The first-order valence-corrected chi connectivity index (χ1v) is 8.12. The van der Waals surface area contributed by atoms with E-state index in [1.54, 1.807) is 6.08 Å². The molecule has 1 heterocycles. The van der Waals surface area contributed by atoms with E-state index in [0.29, 0.717) is 13.0 Å². The lowest BCUT2D eigenvalue weighted by molar-refractivity contribution is -0.159. The van der Waals surface area contributed by atoms with E-state index in [0.717, 1.165) is 16.7 Å². The molecule has 0 fully saturated rings. The smallest absolute Gasteiger partial charge is 0.370 e. The van der Waals surface area contributed by atoms with Crippen molar-refractivity contribution in [1.29, 1.82) is 0 Å². The number of aliphatic hydroxyl groups excluding tert-OH is 1. The lowest BCUT2D eigenvalue weighted by Gasteiger charge is -2.28. The number of carboxylic acids is 1. The molecule has 0 aromatic heterocycles. The van der Waals surface area contributed by atoms with Crippen molar-refractivity contribution in [2.75, 3.05) is 0 Å². The van der Waals surface area contributed by atoms with Crippen LogP contribution in [0.5, 0.6) is 0 Å². The number of hydrogen-bond acceptors (Lipinski definition) is 4. The van der Waals surface area contributed by atoms with Gasteiger partial charge in [-0.2, -0.15) is 0 Å². The molecule has 25 heavy (non-hydrogen) atoms. The molecule has 0 bridgehead atoms. The van der Waals surface area contributed by atoms with Crippen LogP contribution < -0.4 is 0 Å². The number of aliphatic hydroxyl groups is 1. The third-order valence-corrected chi connectivity index (χ3v) is 4.14. The maximum Gasteiger partial charge on any atom is 0.370 e. The molecule has 0 amide bonds. The third kappa shape index (κ3) is 4.47. The first-order valence-electron chi connectivity index (χ1n) is 8.12. The second-order valence-corrected chi connectivity index (χ2v) is 5.92. The largest absolute Gasteiger partial charge is 0.475 e. The molecule has 3 rings (SSSR count). The Bertz CT molecular complexity index is 736. The van der Waals surface area contributed by atoms with Gasteiger partial charge in [-0.15, -0.1) is 0 Å². The van der Waals surface area contributed by atoms with Crippen LogP contribution in [-0.2, 0) is 27.5 Å². The Balaban J connectivity index is 1.69. The van der Waals surface area contributed by atoms with Gasteiger partial charge in [-0.3, -0.25) is 0 Å². The quantitative estimate of drug-likeness (QED) is 0.844. The zero-order valence-corrected chi connectivity index (χ0v) is 13.7. The van der Waals surface area contributed by atoms with Gasteiger partial charge < -0.3 is 19.7 Å². The first-order chi connectivity index (χ1) is 12.2. The summed E-state index contributed by atoms with van der Waals surface area (Å²) in [5.74, 6) is -1.25. The van der Waals surface area contributed by atoms with E-state index in [1.165, 1.54) is 0 Å². The maximum atomic E-state index is 11.3. The Kier molecular flexibility index (Phi) is 5.48. The fourth-order valence-electron chi connectivity index (χ4n) is 2.77. The topological polar surface area (TPSA) is 76.0 Å². The van der Waals surface area contributed by atoms with E-state index in [-0.39, 0.29) is 18.3 Å². The number of allylic oxidation sites excluding steroid dienone is 1. The molecule has 0 aliphatic carbocycles. The van der Waals surface area contributed by atoms with Crippen LogP contribution >= 0.6 is 0 Å². The van der Waals surface area contributed by atoms with E-state index in [9.17, 15) is 9.90 Å². The van der Waals surface area contributed by atoms with Crippen LogP contribution in [0.3, 0.4) is 0 Å². The Morgan fingerprint density at radius 2 is 1.76 bits per heavy atom. The molecule has 0 radical (unpaired) electrons. The number of rotatable bonds is 6. The normalized spacial score (nSPS) is 19.8. The van der Waals surface area contributed by atoms with Gasteiger partial charge in [0.1, 0.15) is 0 Å². The Morgan fingerprint density at radius 3 is 2.40 bits per heavy atom. The Hall–Kier alpha value is -2.63. The fraction of sp³-hybridized carbons (Fsp3) is 0.250. The molecular formula is C20H20O5. The highest BCUT2D eigenvalue weighted by Crippen LogP contribution is 2.31. The van der Waals surface area contributed by atoms with Crippen molar-refractivity contribution in [3.05, 3.63) is 83.1 Å². The summed E-state index contributed by atoms with van der Waals surface area (Å²) in [5, 5.41) is 18.4.